The third kappa shape index (κ3) is 14.0. The lowest BCUT2D eigenvalue weighted by Crippen LogP contribution is -2.23. The number of ether oxygens (including phenoxy) is 2. The topological polar surface area (TPSA) is 93.7 Å². The van der Waals surface area contributed by atoms with Gasteiger partial charge < -0.3 is 14.0 Å². The molecule has 0 bridgehead atoms. The molecule has 0 aliphatic heterocycles. The van der Waals surface area contributed by atoms with Crippen LogP contribution >= 0.6 is 0 Å². The van der Waals surface area contributed by atoms with Gasteiger partial charge >= 0.3 is 0 Å². The van der Waals surface area contributed by atoms with Crippen LogP contribution in [-0.4, -0.2) is 51.1 Å². The summed E-state index contributed by atoms with van der Waals surface area (Å²) in [5.41, 5.74) is 0. The molecule has 0 fully saturated rings. The van der Waals surface area contributed by atoms with Gasteiger partial charge in [-0.25, -0.2) is 17.6 Å². The first-order valence-corrected chi connectivity index (χ1v) is 8.40. The Kier molecular flexibility index (Phi) is 12.0. The molecule has 130 valence electrons. The highest BCUT2D eigenvalue weighted by Gasteiger charge is 1.96. The van der Waals surface area contributed by atoms with Gasteiger partial charge in [-0.15, -0.1) is 0 Å². The molecule has 0 atom stereocenters. The van der Waals surface area contributed by atoms with Crippen LogP contribution in [-0.2, 0) is 37.6 Å². The number of unbranched alkanes of at least 4 members (excludes halogenated alkanes) is 1. The predicted molar refractivity (Wildman–Crippen MR) is 78.9 cm³/mol. The summed E-state index contributed by atoms with van der Waals surface area (Å²) in [6.07, 6.45) is 8.82. The number of methoxy groups -OCH3 is 1. The van der Waals surface area contributed by atoms with Crippen molar-refractivity contribution in [3.05, 3.63) is 18.7 Å². The van der Waals surface area contributed by atoms with E-state index in [1.54, 1.807) is 0 Å². The zero-order valence-electron chi connectivity index (χ0n) is 13.4. The Balaban J connectivity index is 0.000000406. The van der Waals surface area contributed by atoms with Crippen molar-refractivity contribution in [3.63, 3.8) is 0 Å². The second-order valence-electron chi connectivity index (χ2n) is 4.51. The van der Waals surface area contributed by atoms with Gasteiger partial charge in [0.25, 0.3) is 0 Å². The minimum Gasteiger partial charge on any atom is -0.726 e. The molecule has 0 saturated heterocycles. The van der Waals surface area contributed by atoms with Crippen LogP contribution in [0.5, 0.6) is 0 Å². The number of nitrogens with zero attached hydrogens (tertiary/aromatic N) is 2. The van der Waals surface area contributed by atoms with Gasteiger partial charge in [-0.05, 0) is 6.42 Å². The van der Waals surface area contributed by atoms with Crippen LogP contribution in [0.1, 0.15) is 19.8 Å². The lowest BCUT2D eigenvalue weighted by molar-refractivity contribution is -0.671. The predicted octanol–water partition coefficient (Wildman–Crippen LogP) is 0.239. The van der Waals surface area contributed by atoms with Gasteiger partial charge in [0.05, 0.1) is 40.0 Å². The Hall–Kier alpha value is -1.00. The minimum absolute atomic E-state index is 0.0603. The first kappa shape index (κ1) is 21.0. The number of rotatable bonds is 10. The molecule has 0 radical (unpaired) electrons. The van der Waals surface area contributed by atoms with Crippen LogP contribution < -0.4 is 4.57 Å². The molecule has 0 unspecified atom stereocenters. The van der Waals surface area contributed by atoms with E-state index >= 15 is 0 Å². The summed E-state index contributed by atoms with van der Waals surface area (Å²) in [6.45, 7) is 3.93. The summed E-state index contributed by atoms with van der Waals surface area (Å²) in [7, 11) is -1.02. The highest BCUT2D eigenvalue weighted by molar-refractivity contribution is 7.80. The second-order valence-corrected chi connectivity index (χ2v) is 5.56. The molecular formula is C13H26N2O6S. The molecule has 0 aliphatic rings. The van der Waals surface area contributed by atoms with Crippen molar-refractivity contribution < 1.29 is 31.2 Å². The lowest BCUT2D eigenvalue weighted by Gasteiger charge is -2.07. The Bertz CT molecular complexity index is 475. The van der Waals surface area contributed by atoms with Crippen LogP contribution in [0.15, 0.2) is 18.7 Å². The van der Waals surface area contributed by atoms with Crippen LogP contribution in [0.3, 0.4) is 0 Å². The lowest BCUT2D eigenvalue weighted by atomic mass is 10.3. The molecule has 0 spiro atoms. The fraction of sp³-hybridized carbons (Fsp3) is 0.769. The standard InChI is InChI=1S/C8H15N2.C5H12O6S/c1-3-4-5-10-7-6-9(2)8-10;1-9-2-3-10-4-5-11-12(6,7)8/h6-8H,3-5H2,1-2H3;2-5H2,1H3,(H,6,7,8)/q+1;/p-1. The second kappa shape index (κ2) is 12.5. The van der Waals surface area contributed by atoms with E-state index in [2.05, 4.69) is 43.7 Å². The Morgan fingerprint density at radius 1 is 1.23 bits per heavy atom. The van der Waals surface area contributed by atoms with Crippen molar-refractivity contribution in [1.82, 2.24) is 4.57 Å². The van der Waals surface area contributed by atoms with E-state index in [9.17, 15) is 13.0 Å². The zero-order valence-corrected chi connectivity index (χ0v) is 14.3. The van der Waals surface area contributed by atoms with E-state index in [-0.39, 0.29) is 13.2 Å². The molecule has 0 N–H and O–H groups in total. The summed E-state index contributed by atoms with van der Waals surface area (Å²) in [5.74, 6) is 0. The van der Waals surface area contributed by atoms with E-state index in [1.165, 1.54) is 20.0 Å². The average Bonchev–Trinajstić information content (AvgIpc) is 2.86. The number of hydrogen-bond donors (Lipinski definition) is 0. The van der Waals surface area contributed by atoms with E-state index < -0.39 is 10.4 Å². The van der Waals surface area contributed by atoms with Crippen LogP contribution in [0, 0.1) is 0 Å². The highest BCUT2D eigenvalue weighted by Crippen LogP contribution is 1.91. The Morgan fingerprint density at radius 3 is 2.41 bits per heavy atom. The normalized spacial score (nSPS) is 11.1. The number of imidazole rings is 1. The quantitative estimate of drug-likeness (QED) is 0.262. The highest BCUT2D eigenvalue weighted by atomic mass is 32.3. The van der Waals surface area contributed by atoms with Gasteiger partial charge in [0, 0.05) is 7.11 Å². The van der Waals surface area contributed by atoms with Crippen LogP contribution in [0.25, 0.3) is 0 Å². The van der Waals surface area contributed by atoms with Crippen molar-refractivity contribution in [2.24, 2.45) is 7.05 Å². The maximum atomic E-state index is 9.86. The van der Waals surface area contributed by atoms with E-state index in [4.69, 9.17) is 4.74 Å². The number of aromatic nitrogens is 2. The molecule has 0 aliphatic carbocycles. The number of aryl methyl sites for hydroxylation is 2. The molecule has 1 heterocycles. The molecule has 1 aromatic heterocycles. The maximum Gasteiger partial charge on any atom is 0.243 e. The fourth-order valence-corrected chi connectivity index (χ4v) is 1.69. The molecule has 0 aromatic carbocycles. The molecule has 22 heavy (non-hydrogen) atoms. The van der Waals surface area contributed by atoms with Gasteiger partial charge in [0.15, 0.2) is 0 Å². The van der Waals surface area contributed by atoms with Gasteiger partial charge in [-0.1, -0.05) is 13.3 Å². The fourth-order valence-electron chi connectivity index (χ4n) is 1.41. The van der Waals surface area contributed by atoms with Crippen molar-refractivity contribution in [2.75, 3.05) is 33.5 Å². The van der Waals surface area contributed by atoms with E-state index in [1.807, 2.05) is 7.05 Å². The van der Waals surface area contributed by atoms with Gasteiger partial charge in [0.2, 0.25) is 16.7 Å². The van der Waals surface area contributed by atoms with E-state index in [0.29, 0.717) is 13.2 Å². The zero-order chi connectivity index (χ0) is 16.8. The van der Waals surface area contributed by atoms with Crippen molar-refractivity contribution in [1.29, 1.82) is 0 Å². The third-order valence-corrected chi connectivity index (χ3v) is 2.94. The molecule has 8 nitrogen and oxygen atoms in total. The third-order valence-electron chi connectivity index (χ3n) is 2.48. The molecule has 1 aromatic rings. The minimum atomic E-state index is -4.58. The first-order valence-electron chi connectivity index (χ1n) is 7.07. The van der Waals surface area contributed by atoms with Crippen LogP contribution in [0.4, 0.5) is 0 Å². The van der Waals surface area contributed by atoms with Gasteiger partial charge in [-0.3, -0.25) is 4.18 Å². The maximum absolute atomic E-state index is 9.86. The molecular weight excluding hydrogens is 312 g/mol. The molecule has 9 heteroatoms. The van der Waals surface area contributed by atoms with Gasteiger partial charge in [-0.2, -0.15) is 0 Å². The summed E-state index contributed by atoms with van der Waals surface area (Å²) in [6, 6.07) is 0. The van der Waals surface area contributed by atoms with E-state index in [0.717, 1.165) is 6.54 Å². The average molecular weight is 338 g/mol. The summed E-state index contributed by atoms with van der Waals surface area (Å²) in [5, 5.41) is 0. The van der Waals surface area contributed by atoms with Gasteiger partial charge in [0.1, 0.15) is 12.4 Å². The molecule has 0 saturated carbocycles. The first-order chi connectivity index (χ1) is 10.4. The van der Waals surface area contributed by atoms with Crippen LogP contribution in [0.2, 0.25) is 0 Å². The largest absolute Gasteiger partial charge is 0.726 e. The summed E-state index contributed by atoms with van der Waals surface area (Å²) >= 11 is 0. The number of hydrogen-bond acceptors (Lipinski definition) is 6. The van der Waals surface area contributed by atoms with Crippen molar-refractivity contribution >= 4 is 10.4 Å². The Labute approximate surface area is 132 Å². The Morgan fingerprint density at radius 2 is 1.91 bits per heavy atom. The summed E-state index contributed by atoms with van der Waals surface area (Å²) in [4.78, 5) is 0. The van der Waals surface area contributed by atoms with Crippen molar-refractivity contribution in [2.45, 2.75) is 26.3 Å². The molecule has 0 amide bonds. The van der Waals surface area contributed by atoms with Crippen molar-refractivity contribution in [3.8, 4) is 0 Å². The summed E-state index contributed by atoms with van der Waals surface area (Å²) < 4.78 is 47.2. The monoisotopic (exact) mass is 338 g/mol. The smallest absolute Gasteiger partial charge is 0.243 e. The molecule has 1 rings (SSSR count). The SMILES string of the molecule is CCCCn1cc[n+](C)c1.COCCOCCOS(=O)(=O)[O-].